The van der Waals surface area contributed by atoms with Crippen LogP contribution in [0.2, 0.25) is 0 Å². The van der Waals surface area contributed by atoms with Gasteiger partial charge in [-0.05, 0) is 18.9 Å². The molecule has 0 bridgehead atoms. The van der Waals surface area contributed by atoms with Crippen LogP contribution in [-0.2, 0) is 4.74 Å². The van der Waals surface area contributed by atoms with Crippen LogP contribution in [0.3, 0.4) is 0 Å². The minimum Gasteiger partial charge on any atom is -0.381 e. The highest BCUT2D eigenvalue weighted by Gasteiger charge is 2.09. The van der Waals surface area contributed by atoms with Crippen molar-refractivity contribution in [2.24, 2.45) is 5.84 Å². The Bertz CT molecular complexity index is 385. The number of pyridine rings is 1. The van der Waals surface area contributed by atoms with Crippen molar-refractivity contribution < 1.29 is 9.53 Å². The first-order chi connectivity index (χ1) is 9.29. The summed E-state index contributed by atoms with van der Waals surface area (Å²) in [6.07, 6.45) is 6.08. The third-order valence-electron chi connectivity index (χ3n) is 2.61. The van der Waals surface area contributed by atoms with E-state index in [0.29, 0.717) is 24.4 Å². The van der Waals surface area contributed by atoms with E-state index in [-0.39, 0.29) is 5.91 Å². The molecule has 6 heteroatoms. The Kier molecular flexibility index (Phi) is 7.53. The average molecular weight is 266 g/mol. The van der Waals surface area contributed by atoms with E-state index in [4.69, 9.17) is 10.6 Å². The Labute approximate surface area is 113 Å². The molecule has 1 amide bonds. The van der Waals surface area contributed by atoms with Crippen molar-refractivity contribution in [3.63, 3.8) is 0 Å². The third kappa shape index (κ3) is 5.67. The highest BCUT2D eigenvalue weighted by atomic mass is 16.5. The number of unbranched alkanes of at least 4 members (excludes halogenated alkanes) is 1. The first-order valence-electron chi connectivity index (χ1n) is 6.56. The van der Waals surface area contributed by atoms with Crippen molar-refractivity contribution in [2.75, 3.05) is 25.2 Å². The molecule has 1 heterocycles. The lowest BCUT2D eigenvalue weighted by Crippen LogP contribution is -2.27. The molecule has 0 fully saturated rings. The monoisotopic (exact) mass is 266 g/mol. The van der Waals surface area contributed by atoms with E-state index in [9.17, 15) is 4.79 Å². The van der Waals surface area contributed by atoms with Gasteiger partial charge in [-0.25, -0.2) is 0 Å². The second-order valence-electron chi connectivity index (χ2n) is 4.14. The van der Waals surface area contributed by atoms with Crippen LogP contribution in [0.4, 0.5) is 5.69 Å². The van der Waals surface area contributed by atoms with Gasteiger partial charge < -0.3 is 15.5 Å². The maximum absolute atomic E-state index is 11.9. The smallest absolute Gasteiger partial charge is 0.253 e. The van der Waals surface area contributed by atoms with E-state index in [1.54, 1.807) is 12.3 Å². The fourth-order valence-corrected chi connectivity index (χ4v) is 1.53. The molecule has 0 aliphatic carbocycles. The first kappa shape index (κ1) is 15.4. The minimum absolute atomic E-state index is 0.163. The molecule has 0 saturated carbocycles. The van der Waals surface area contributed by atoms with Gasteiger partial charge in [0.1, 0.15) is 0 Å². The first-order valence-corrected chi connectivity index (χ1v) is 6.56. The predicted octanol–water partition coefficient (Wildman–Crippen LogP) is 1.30. The average Bonchev–Trinajstić information content (AvgIpc) is 2.46. The Morgan fingerprint density at radius 2 is 2.21 bits per heavy atom. The largest absolute Gasteiger partial charge is 0.381 e. The lowest BCUT2D eigenvalue weighted by Gasteiger charge is -2.09. The second-order valence-corrected chi connectivity index (χ2v) is 4.14. The van der Waals surface area contributed by atoms with E-state index in [2.05, 4.69) is 22.7 Å². The van der Waals surface area contributed by atoms with Crippen LogP contribution in [0.1, 0.15) is 36.5 Å². The van der Waals surface area contributed by atoms with Gasteiger partial charge in [-0.1, -0.05) is 13.3 Å². The van der Waals surface area contributed by atoms with E-state index in [1.165, 1.54) is 6.20 Å². The summed E-state index contributed by atoms with van der Waals surface area (Å²) in [6, 6.07) is 1.63. The second kappa shape index (κ2) is 9.29. The van der Waals surface area contributed by atoms with Gasteiger partial charge in [0.15, 0.2) is 0 Å². The number of nitrogens with two attached hydrogens (primary N) is 1. The van der Waals surface area contributed by atoms with Gasteiger partial charge in [0.25, 0.3) is 5.91 Å². The fourth-order valence-electron chi connectivity index (χ4n) is 1.53. The summed E-state index contributed by atoms with van der Waals surface area (Å²) < 4.78 is 5.41. The highest BCUT2D eigenvalue weighted by molar-refractivity contribution is 5.99. The molecular weight excluding hydrogens is 244 g/mol. The van der Waals surface area contributed by atoms with Crippen LogP contribution < -0.4 is 16.6 Å². The topological polar surface area (TPSA) is 89.3 Å². The van der Waals surface area contributed by atoms with Crippen LogP contribution in [-0.4, -0.2) is 30.6 Å². The number of carbonyl (C=O) groups excluding carboxylic acids is 1. The summed E-state index contributed by atoms with van der Waals surface area (Å²) >= 11 is 0. The molecule has 4 N–H and O–H groups in total. The summed E-state index contributed by atoms with van der Waals surface area (Å²) in [6.45, 7) is 4.16. The summed E-state index contributed by atoms with van der Waals surface area (Å²) in [4.78, 5) is 15.8. The van der Waals surface area contributed by atoms with Crippen molar-refractivity contribution >= 4 is 11.6 Å². The van der Waals surface area contributed by atoms with Gasteiger partial charge in [-0.2, -0.15) is 0 Å². The molecule has 0 spiro atoms. The molecule has 0 aromatic carbocycles. The molecule has 0 radical (unpaired) electrons. The quantitative estimate of drug-likeness (QED) is 0.356. The zero-order valence-electron chi connectivity index (χ0n) is 11.3. The number of nitrogens with zero attached hydrogens (tertiary/aromatic N) is 1. The maximum Gasteiger partial charge on any atom is 0.253 e. The van der Waals surface area contributed by atoms with Gasteiger partial charge in [0.05, 0.1) is 17.4 Å². The van der Waals surface area contributed by atoms with Gasteiger partial charge >= 0.3 is 0 Å². The Balaban J connectivity index is 2.24. The standard InChI is InChI=1S/C13H22N4O2/c1-2-3-8-19-9-4-6-16-13(18)11-5-7-15-10-12(11)17-14/h5,7,10,17H,2-4,6,8-9,14H2,1H3,(H,16,18). The molecule has 0 aliphatic rings. The van der Waals surface area contributed by atoms with Gasteiger partial charge in [-0.3, -0.25) is 15.6 Å². The van der Waals surface area contributed by atoms with Crippen LogP contribution in [0.15, 0.2) is 18.5 Å². The number of carbonyl (C=O) groups is 1. The Morgan fingerprint density at radius 3 is 2.95 bits per heavy atom. The van der Waals surface area contributed by atoms with E-state index >= 15 is 0 Å². The Hall–Kier alpha value is -1.66. The van der Waals surface area contributed by atoms with Crippen molar-refractivity contribution in [3.8, 4) is 0 Å². The SMILES string of the molecule is CCCCOCCCNC(=O)c1ccncc1NN. The number of amides is 1. The molecular formula is C13H22N4O2. The number of rotatable bonds is 9. The van der Waals surface area contributed by atoms with Gasteiger partial charge in [0.2, 0.25) is 0 Å². The van der Waals surface area contributed by atoms with Crippen LogP contribution in [0.5, 0.6) is 0 Å². The van der Waals surface area contributed by atoms with E-state index in [1.807, 2.05) is 0 Å². The Morgan fingerprint density at radius 1 is 1.42 bits per heavy atom. The number of nitrogen functional groups attached to an aromatic ring is 1. The molecule has 0 atom stereocenters. The molecule has 0 aliphatic heterocycles. The zero-order valence-corrected chi connectivity index (χ0v) is 11.3. The fraction of sp³-hybridized carbons (Fsp3) is 0.538. The van der Waals surface area contributed by atoms with Gasteiger partial charge in [-0.15, -0.1) is 0 Å². The van der Waals surface area contributed by atoms with Crippen molar-refractivity contribution in [2.45, 2.75) is 26.2 Å². The molecule has 0 unspecified atom stereocenters. The number of ether oxygens (including phenoxy) is 1. The zero-order chi connectivity index (χ0) is 13.9. The van der Waals surface area contributed by atoms with Gasteiger partial charge in [0, 0.05) is 26.0 Å². The molecule has 19 heavy (non-hydrogen) atoms. The minimum atomic E-state index is -0.163. The van der Waals surface area contributed by atoms with Crippen LogP contribution in [0.25, 0.3) is 0 Å². The molecule has 1 aromatic heterocycles. The normalized spacial score (nSPS) is 10.2. The summed E-state index contributed by atoms with van der Waals surface area (Å²) in [5.41, 5.74) is 3.46. The van der Waals surface area contributed by atoms with Crippen molar-refractivity contribution in [1.29, 1.82) is 0 Å². The van der Waals surface area contributed by atoms with Crippen LogP contribution in [0, 0.1) is 0 Å². The molecule has 6 nitrogen and oxygen atoms in total. The molecule has 0 saturated heterocycles. The molecule has 106 valence electrons. The van der Waals surface area contributed by atoms with Crippen molar-refractivity contribution in [1.82, 2.24) is 10.3 Å². The van der Waals surface area contributed by atoms with E-state index < -0.39 is 0 Å². The maximum atomic E-state index is 11.9. The van der Waals surface area contributed by atoms with E-state index in [0.717, 1.165) is 25.9 Å². The number of hydrogen-bond acceptors (Lipinski definition) is 5. The highest BCUT2D eigenvalue weighted by Crippen LogP contribution is 2.11. The molecule has 1 rings (SSSR count). The van der Waals surface area contributed by atoms with Crippen molar-refractivity contribution in [3.05, 3.63) is 24.0 Å². The summed E-state index contributed by atoms with van der Waals surface area (Å²) in [5.74, 6) is 5.16. The third-order valence-corrected chi connectivity index (χ3v) is 2.61. The molecule has 1 aromatic rings. The lowest BCUT2D eigenvalue weighted by molar-refractivity contribution is 0.0941. The van der Waals surface area contributed by atoms with Crippen LogP contribution >= 0.6 is 0 Å². The predicted molar refractivity (Wildman–Crippen MR) is 74.7 cm³/mol. The lowest BCUT2D eigenvalue weighted by atomic mass is 10.2. The number of hydrogen-bond donors (Lipinski definition) is 3. The summed E-state index contributed by atoms with van der Waals surface area (Å²) in [7, 11) is 0. The number of nitrogens with one attached hydrogen (secondary N) is 2. The summed E-state index contributed by atoms with van der Waals surface area (Å²) in [5, 5.41) is 2.82. The number of aromatic nitrogens is 1. The number of anilines is 1. The number of hydrazine groups is 1.